The zero-order chi connectivity index (χ0) is 37.8. The quantitative estimate of drug-likeness (QED) is 0.163. The molecule has 0 amide bonds. The molecular weight excluding hydrogens is 691 g/mol. The Labute approximate surface area is 332 Å². The SMILES string of the molecule is c1ccc(-c2ccc(N(c3ccc(-c4ccccc4)cc3)c3ccc4oc5cc6c(cc5c4c3)-c3ccccc3C6(c3ccccc3)c3ccccc3)cc2)cc1. The van der Waals surface area contributed by atoms with Crippen molar-refractivity contribution in [2.45, 2.75) is 5.41 Å². The van der Waals surface area contributed by atoms with E-state index in [1.165, 1.54) is 55.6 Å². The predicted octanol–water partition coefficient (Wildman–Crippen LogP) is 14.8. The van der Waals surface area contributed by atoms with Crippen LogP contribution in [0.15, 0.2) is 229 Å². The zero-order valence-corrected chi connectivity index (χ0v) is 31.2. The fourth-order valence-electron chi connectivity index (χ4n) is 9.15. The van der Waals surface area contributed by atoms with E-state index in [0.717, 1.165) is 39.0 Å². The molecule has 0 spiro atoms. The molecular formula is C55H37NO. The number of hydrogen-bond donors (Lipinski definition) is 0. The molecule has 1 aliphatic rings. The topological polar surface area (TPSA) is 16.4 Å². The molecule has 1 aromatic heterocycles. The Kier molecular flexibility index (Phi) is 7.75. The van der Waals surface area contributed by atoms with Crippen molar-refractivity contribution in [3.8, 4) is 33.4 Å². The first-order chi connectivity index (χ1) is 28.3. The molecule has 1 heterocycles. The van der Waals surface area contributed by atoms with Crippen LogP contribution in [0.25, 0.3) is 55.3 Å². The maximum atomic E-state index is 6.80. The van der Waals surface area contributed by atoms with E-state index in [4.69, 9.17) is 4.42 Å². The molecule has 0 N–H and O–H groups in total. The van der Waals surface area contributed by atoms with E-state index in [-0.39, 0.29) is 0 Å². The summed E-state index contributed by atoms with van der Waals surface area (Å²) >= 11 is 0. The van der Waals surface area contributed by atoms with Gasteiger partial charge in [-0.05, 0) is 110 Å². The Morgan fingerprint density at radius 2 is 0.772 bits per heavy atom. The van der Waals surface area contributed by atoms with Crippen LogP contribution in [-0.2, 0) is 5.41 Å². The van der Waals surface area contributed by atoms with E-state index in [2.05, 4.69) is 229 Å². The van der Waals surface area contributed by atoms with Crippen LogP contribution in [0.5, 0.6) is 0 Å². The van der Waals surface area contributed by atoms with E-state index < -0.39 is 5.41 Å². The van der Waals surface area contributed by atoms with Gasteiger partial charge in [-0.1, -0.05) is 170 Å². The normalized spacial score (nSPS) is 12.7. The highest BCUT2D eigenvalue weighted by Gasteiger charge is 2.46. The molecule has 10 aromatic rings. The Balaban J connectivity index is 1.09. The van der Waals surface area contributed by atoms with E-state index in [1.807, 2.05) is 0 Å². The largest absolute Gasteiger partial charge is 0.456 e. The van der Waals surface area contributed by atoms with Gasteiger partial charge in [-0.2, -0.15) is 0 Å². The number of fused-ring (bicyclic) bond motifs is 6. The third kappa shape index (κ3) is 5.33. The van der Waals surface area contributed by atoms with Gasteiger partial charge in [0.05, 0.1) is 5.41 Å². The second-order valence-corrected chi connectivity index (χ2v) is 14.9. The van der Waals surface area contributed by atoms with Crippen molar-refractivity contribution < 1.29 is 4.42 Å². The van der Waals surface area contributed by atoms with Gasteiger partial charge >= 0.3 is 0 Å². The van der Waals surface area contributed by atoms with Crippen molar-refractivity contribution in [2.24, 2.45) is 0 Å². The molecule has 0 saturated heterocycles. The van der Waals surface area contributed by atoms with Gasteiger partial charge in [0.25, 0.3) is 0 Å². The highest BCUT2D eigenvalue weighted by molar-refractivity contribution is 6.09. The Bertz CT molecular complexity index is 2900. The van der Waals surface area contributed by atoms with E-state index >= 15 is 0 Å². The Morgan fingerprint density at radius 3 is 1.33 bits per heavy atom. The van der Waals surface area contributed by atoms with Crippen LogP contribution in [0.1, 0.15) is 22.3 Å². The fraction of sp³-hybridized carbons (Fsp3) is 0.0182. The lowest BCUT2D eigenvalue weighted by atomic mass is 9.67. The molecule has 0 atom stereocenters. The molecule has 0 bridgehead atoms. The third-order valence-electron chi connectivity index (χ3n) is 11.8. The standard InChI is InChI=1S/C55H37NO/c1-5-15-38(16-6-1)40-25-29-44(30-26-40)56(45-31-27-41(28-32-45)39-17-7-2-8-18-39)46-33-34-53-49(35-46)50-36-48-47-23-13-14-24-51(47)55(42-19-9-3-10-20-42,43-21-11-4-12-22-43)52(48)37-54(50)57-53/h1-37H. The van der Waals surface area contributed by atoms with Gasteiger partial charge < -0.3 is 9.32 Å². The molecule has 0 unspecified atom stereocenters. The summed E-state index contributed by atoms with van der Waals surface area (Å²) in [5, 5.41) is 2.20. The molecule has 0 saturated carbocycles. The van der Waals surface area contributed by atoms with Crippen LogP contribution < -0.4 is 4.90 Å². The molecule has 1 aliphatic carbocycles. The summed E-state index contributed by atoms with van der Waals surface area (Å²) in [6.07, 6.45) is 0. The van der Waals surface area contributed by atoms with Crippen LogP contribution >= 0.6 is 0 Å². The Hall–Kier alpha value is -7.42. The van der Waals surface area contributed by atoms with Crippen LogP contribution in [0.2, 0.25) is 0 Å². The average Bonchev–Trinajstić information content (AvgIpc) is 3.80. The Morgan fingerprint density at radius 1 is 0.316 bits per heavy atom. The van der Waals surface area contributed by atoms with Crippen molar-refractivity contribution in [2.75, 3.05) is 4.90 Å². The molecule has 0 fully saturated rings. The van der Waals surface area contributed by atoms with E-state index in [0.29, 0.717) is 0 Å². The lowest BCUT2D eigenvalue weighted by molar-refractivity contribution is 0.666. The number of nitrogens with zero attached hydrogens (tertiary/aromatic N) is 1. The molecule has 57 heavy (non-hydrogen) atoms. The van der Waals surface area contributed by atoms with Crippen molar-refractivity contribution in [3.05, 3.63) is 247 Å². The first-order valence-electron chi connectivity index (χ1n) is 19.6. The highest BCUT2D eigenvalue weighted by atomic mass is 16.3. The summed E-state index contributed by atoms with van der Waals surface area (Å²) in [6.45, 7) is 0. The summed E-state index contributed by atoms with van der Waals surface area (Å²) in [5.74, 6) is 0. The van der Waals surface area contributed by atoms with Crippen molar-refractivity contribution in [3.63, 3.8) is 0 Å². The van der Waals surface area contributed by atoms with Crippen molar-refractivity contribution >= 4 is 39.0 Å². The fourth-order valence-corrected chi connectivity index (χ4v) is 9.15. The number of hydrogen-bond acceptors (Lipinski definition) is 2. The minimum Gasteiger partial charge on any atom is -0.456 e. The number of furan rings is 1. The van der Waals surface area contributed by atoms with Crippen LogP contribution in [0.4, 0.5) is 17.1 Å². The molecule has 0 aliphatic heterocycles. The first-order valence-corrected chi connectivity index (χ1v) is 19.6. The second kappa shape index (κ2) is 13.4. The number of anilines is 3. The summed E-state index contributed by atoms with van der Waals surface area (Å²) in [5.41, 5.74) is 16.8. The van der Waals surface area contributed by atoms with Crippen LogP contribution in [0, 0.1) is 0 Å². The molecule has 2 heteroatoms. The average molecular weight is 728 g/mol. The highest BCUT2D eigenvalue weighted by Crippen LogP contribution is 2.57. The smallest absolute Gasteiger partial charge is 0.135 e. The minimum atomic E-state index is -0.485. The van der Waals surface area contributed by atoms with Gasteiger partial charge in [0.15, 0.2) is 0 Å². The summed E-state index contributed by atoms with van der Waals surface area (Å²) in [4.78, 5) is 2.35. The van der Waals surface area contributed by atoms with Gasteiger partial charge in [-0.25, -0.2) is 0 Å². The number of benzene rings is 9. The minimum absolute atomic E-state index is 0.485. The molecule has 9 aromatic carbocycles. The van der Waals surface area contributed by atoms with Crippen LogP contribution in [-0.4, -0.2) is 0 Å². The predicted molar refractivity (Wildman–Crippen MR) is 237 cm³/mol. The summed E-state index contributed by atoms with van der Waals surface area (Å²) < 4.78 is 6.80. The summed E-state index contributed by atoms with van der Waals surface area (Å²) in [6, 6.07) is 81.0. The molecule has 268 valence electrons. The molecule has 11 rings (SSSR count). The maximum Gasteiger partial charge on any atom is 0.135 e. The first kappa shape index (κ1) is 33.0. The van der Waals surface area contributed by atoms with Gasteiger partial charge in [-0.3, -0.25) is 0 Å². The molecule has 0 radical (unpaired) electrons. The maximum absolute atomic E-state index is 6.80. The van der Waals surface area contributed by atoms with Crippen molar-refractivity contribution in [1.29, 1.82) is 0 Å². The van der Waals surface area contributed by atoms with Gasteiger partial charge in [0.2, 0.25) is 0 Å². The van der Waals surface area contributed by atoms with Gasteiger partial charge in [0, 0.05) is 27.8 Å². The molecule has 2 nitrogen and oxygen atoms in total. The third-order valence-corrected chi connectivity index (χ3v) is 11.8. The lowest BCUT2D eigenvalue weighted by Gasteiger charge is -2.33. The van der Waals surface area contributed by atoms with Crippen molar-refractivity contribution in [1.82, 2.24) is 0 Å². The van der Waals surface area contributed by atoms with Crippen LogP contribution in [0.3, 0.4) is 0 Å². The monoisotopic (exact) mass is 727 g/mol. The van der Waals surface area contributed by atoms with E-state index in [1.54, 1.807) is 0 Å². The van der Waals surface area contributed by atoms with E-state index in [9.17, 15) is 0 Å². The number of rotatable bonds is 7. The lowest BCUT2D eigenvalue weighted by Crippen LogP contribution is -2.28. The second-order valence-electron chi connectivity index (χ2n) is 14.9. The summed E-state index contributed by atoms with van der Waals surface area (Å²) in [7, 11) is 0. The van der Waals surface area contributed by atoms with Gasteiger partial charge in [0.1, 0.15) is 11.2 Å². The zero-order valence-electron chi connectivity index (χ0n) is 31.2. The van der Waals surface area contributed by atoms with Gasteiger partial charge in [-0.15, -0.1) is 0 Å².